The summed E-state index contributed by atoms with van der Waals surface area (Å²) in [5.74, 6) is -0.526. The Kier molecular flexibility index (Phi) is 7.89. The van der Waals surface area contributed by atoms with Crippen LogP contribution in [0.5, 0.6) is 0 Å². The van der Waals surface area contributed by atoms with Crippen LogP contribution in [0.2, 0.25) is 0 Å². The van der Waals surface area contributed by atoms with Crippen LogP contribution in [0.3, 0.4) is 0 Å². The SMILES string of the molecule is CCCCn1c(=O)[nH]c(=O)c2[nH]c(C(Cc3ccccc3F)c3ccc(NS(=O)(=O)c4ccccc4C)cc3)nc21. The van der Waals surface area contributed by atoms with Gasteiger partial charge in [-0.15, -0.1) is 0 Å². The number of nitrogens with zero attached hydrogens (tertiary/aromatic N) is 2. The first-order valence-electron chi connectivity index (χ1n) is 13.3. The second-order valence-electron chi connectivity index (χ2n) is 9.93. The zero-order chi connectivity index (χ0) is 29.1. The van der Waals surface area contributed by atoms with Gasteiger partial charge in [0.05, 0.1) is 4.90 Å². The van der Waals surface area contributed by atoms with Crippen LogP contribution in [0, 0.1) is 12.7 Å². The molecule has 9 nitrogen and oxygen atoms in total. The fourth-order valence-electron chi connectivity index (χ4n) is 4.86. The Labute approximate surface area is 236 Å². The summed E-state index contributed by atoms with van der Waals surface area (Å²) in [5, 5.41) is 0. The topological polar surface area (TPSA) is 130 Å². The number of aryl methyl sites for hydroxylation is 2. The van der Waals surface area contributed by atoms with Crippen molar-refractivity contribution in [3.63, 3.8) is 0 Å². The standard InChI is InChI=1S/C30H30FN5O4S/c1-3-4-17-36-28-26(29(37)34-30(36)38)32-27(33-28)23(18-21-10-6-7-11-24(21)31)20-13-15-22(16-14-20)35-41(39,40)25-12-8-5-9-19(25)2/h5-16,23,35H,3-4,17-18H2,1-2H3,(H,32,33)(H,34,37,38). The Morgan fingerprint density at radius 2 is 1.68 bits per heavy atom. The molecule has 0 aliphatic heterocycles. The Bertz CT molecular complexity index is 1930. The van der Waals surface area contributed by atoms with Gasteiger partial charge >= 0.3 is 5.69 Å². The molecule has 0 spiro atoms. The van der Waals surface area contributed by atoms with Gasteiger partial charge in [0.25, 0.3) is 15.6 Å². The number of nitrogens with one attached hydrogen (secondary N) is 3. The average Bonchev–Trinajstić information content (AvgIpc) is 3.39. The molecular weight excluding hydrogens is 545 g/mol. The number of H-pyrrole nitrogens is 2. The largest absolute Gasteiger partial charge is 0.336 e. The lowest BCUT2D eigenvalue weighted by Crippen LogP contribution is -2.30. The van der Waals surface area contributed by atoms with Crippen LogP contribution in [0.25, 0.3) is 11.2 Å². The number of benzene rings is 3. The summed E-state index contributed by atoms with van der Waals surface area (Å²) in [6.07, 6.45) is 1.78. The van der Waals surface area contributed by atoms with E-state index in [0.717, 1.165) is 12.8 Å². The monoisotopic (exact) mass is 575 g/mol. The van der Waals surface area contributed by atoms with Gasteiger partial charge in [0.15, 0.2) is 5.65 Å². The van der Waals surface area contributed by atoms with Gasteiger partial charge in [-0.1, -0.05) is 61.9 Å². The summed E-state index contributed by atoms with van der Waals surface area (Å²) in [4.78, 5) is 35.5. The highest BCUT2D eigenvalue weighted by atomic mass is 32.2. The van der Waals surface area contributed by atoms with Gasteiger partial charge < -0.3 is 4.98 Å². The highest BCUT2D eigenvalue weighted by molar-refractivity contribution is 7.92. The third-order valence-corrected chi connectivity index (χ3v) is 8.59. The van der Waals surface area contributed by atoms with Crippen molar-refractivity contribution >= 4 is 26.9 Å². The Hall–Kier alpha value is -4.51. The van der Waals surface area contributed by atoms with Crippen LogP contribution in [0.4, 0.5) is 10.1 Å². The second-order valence-corrected chi connectivity index (χ2v) is 11.6. The molecule has 1 atom stereocenters. The first kappa shape index (κ1) is 28.0. The number of hydrogen-bond acceptors (Lipinski definition) is 5. The van der Waals surface area contributed by atoms with Gasteiger partial charge in [-0.25, -0.2) is 22.6 Å². The Morgan fingerprint density at radius 3 is 2.39 bits per heavy atom. The normalized spacial score (nSPS) is 12.5. The number of halogens is 1. The predicted octanol–water partition coefficient (Wildman–Crippen LogP) is 4.84. The fraction of sp³-hybridized carbons (Fsp3) is 0.233. The molecule has 0 aliphatic rings. The van der Waals surface area contributed by atoms with E-state index in [-0.39, 0.29) is 28.3 Å². The van der Waals surface area contributed by atoms with Crippen molar-refractivity contribution < 1.29 is 12.8 Å². The molecular formula is C30H30FN5O4S. The van der Waals surface area contributed by atoms with Gasteiger partial charge in [0, 0.05) is 18.2 Å². The third kappa shape index (κ3) is 5.85. The zero-order valence-corrected chi connectivity index (χ0v) is 23.5. The zero-order valence-electron chi connectivity index (χ0n) is 22.6. The Morgan fingerprint density at radius 1 is 0.976 bits per heavy atom. The number of sulfonamides is 1. The van der Waals surface area contributed by atoms with Gasteiger partial charge in [0.1, 0.15) is 17.2 Å². The Balaban J connectivity index is 1.55. The van der Waals surface area contributed by atoms with Crippen LogP contribution >= 0.6 is 0 Å². The lowest BCUT2D eigenvalue weighted by molar-refractivity contribution is 0.597. The molecule has 5 rings (SSSR count). The number of imidazole rings is 1. The molecule has 11 heteroatoms. The number of unbranched alkanes of at least 4 members (excludes halogenated alkanes) is 1. The van der Waals surface area contributed by atoms with E-state index < -0.39 is 27.2 Å². The minimum Gasteiger partial charge on any atom is -0.336 e. The first-order valence-corrected chi connectivity index (χ1v) is 14.8. The van der Waals surface area contributed by atoms with Crippen LogP contribution in [-0.2, 0) is 23.0 Å². The van der Waals surface area contributed by atoms with E-state index in [2.05, 4.69) is 19.7 Å². The number of rotatable bonds is 10. The van der Waals surface area contributed by atoms with E-state index >= 15 is 0 Å². The van der Waals surface area contributed by atoms with Crippen molar-refractivity contribution in [2.75, 3.05) is 4.72 Å². The summed E-state index contributed by atoms with van der Waals surface area (Å²) in [7, 11) is -3.81. The van der Waals surface area contributed by atoms with Crippen LogP contribution in [0.1, 0.15) is 48.2 Å². The first-order chi connectivity index (χ1) is 19.7. The molecule has 0 bridgehead atoms. The van der Waals surface area contributed by atoms with Crippen molar-refractivity contribution in [3.8, 4) is 0 Å². The van der Waals surface area contributed by atoms with Crippen LogP contribution < -0.4 is 16.0 Å². The van der Waals surface area contributed by atoms with Crippen molar-refractivity contribution in [1.29, 1.82) is 0 Å². The van der Waals surface area contributed by atoms with Crippen molar-refractivity contribution in [2.24, 2.45) is 0 Å². The second kappa shape index (κ2) is 11.5. The quantitative estimate of drug-likeness (QED) is 0.220. The minimum absolute atomic E-state index is 0.164. The lowest BCUT2D eigenvalue weighted by atomic mass is 9.91. The number of fused-ring (bicyclic) bond motifs is 1. The molecule has 41 heavy (non-hydrogen) atoms. The molecule has 0 radical (unpaired) electrons. The molecule has 0 saturated carbocycles. The number of hydrogen-bond donors (Lipinski definition) is 3. The summed E-state index contributed by atoms with van der Waals surface area (Å²) < 4.78 is 44.7. The molecule has 3 aromatic carbocycles. The van der Waals surface area contributed by atoms with Gasteiger partial charge in [-0.2, -0.15) is 0 Å². The summed E-state index contributed by atoms with van der Waals surface area (Å²) in [5.41, 5.74) is 1.42. The maximum Gasteiger partial charge on any atom is 0.330 e. The molecule has 0 saturated heterocycles. The van der Waals surface area contributed by atoms with Crippen molar-refractivity contribution in [3.05, 3.63) is 122 Å². The molecule has 2 heterocycles. The van der Waals surface area contributed by atoms with E-state index in [9.17, 15) is 22.4 Å². The third-order valence-electron chi connectivity index (χ3n) is 7.05. The summed E-state index contributed by atoms with van der Waals surface area (Å²) in [6, 6.07) is 19.9. The molecule has 1 unspecified atom stereocenters. The summed E-state index contributed by atoms with van der Waals surface area (Å²) >= 11 is 0. The van der Waals surface area contributed by atoms with E-state index in [1.54, 1.807) is 73.7 Å². The molecule has 0 aliphatic carbocycles. The molecule has 0 amide bonds. The number of aromatic nitrogens is 4. The highest BCUT2D eigenvalue weighted by Crippen LogP contribution is 2.30. The van der Waals surface area contributed by atoms with Gasteiger partial charge in [-0.05, 0) is 60.7 Å². The van der Waals surface area contributed by atoms with E-state index in [0.29, 0.717) is 34.7 Å². The fourth-order valence-corrected chi connectivity index (χ4v) is 6.16. The molecule has 2 aromatic heterocycles. The smallest absolute Gasteiger partial charge is 0.330 e. The highest BCUT2D eigenvalue weighted by Gasteiger charge is 2.23. The van der Waals surface area contributed by atoms with E-state index in [1.165, 1.54) is 10.6 Å². The van der Waals surface area contributed by atoms with Crippen LogP contribution in [0.15, 0.2) is 87.3 Å². The van der Waals surface area contributed by atoms with E-state index in [4.69, 9.17) is 0 Å². The number of anilines is 1. The molecule has 212 valence electrons. The maximum atomic E-state index is 14.7. The van der Waals surface area contributed by atoms with Crippen molar-refractivity contribution in [2.45, 2.75) is 50.5 Å². The average molecular weight is 576 g/mol. The van der Waals surface area contributed by atoms with Gasteiger partial charge in [-0.3, -0.25) is 19.1 Å². The van der Waals surface area contributed by atoms with Gasteiger partial charge in [0.2, 0.25) is 0 Å². The molecule has 0 fully saturated rings. The van der Waals surface area contributed by atoms with Crippen LogP contribution in [-0.4, -0.2) is 27.9 Å². The minimum atomic E-state index is -3.81. The van der Waals surface area contributed by atoms with E-state index in [1.807, 2.05) is 6.92 Å². The maximum absolute atomic E-state index is 14.7. The lowest BCUT2D eigenvalue weighted by Gasteiger charge is -2.17. The number of aromatic amines is 2. The van der Waals surface area contributed by atoms with Crippen molar-refractivity contribution in [1.82, 2.24) is 19.5 Å². The molecule has 5 aromatic rings. The molecule has 3 N–H and O–H groups in total. The summed E-state index contributed by atoms with van der Waals surface area (Å²) in [6.45, 7) is 4.12. The predicted molar refractivity (Wildman–Crippen MR) is 156 cm³/mol.